The van der Waals surface area contributed by atoms with Crippen LogP contribution in [0.1, 0.15) is 24.9 Å². The van der Waals surface area contributed by atoms with Crippen molar-refractivity contribution < 1.29 is 0 Å². The minimum absolute atomic E-state index is 0.864. The van der Waals surface area contributed by atoms with E-state index in [1.165, 1.54) is 0 Å². The maximum Gasteiger partial charge on any atom is 0.168 e. The molecule has 0 saturated carbocycles. The summed E-state index contributed by atoms with van der Waals surface area (Å²) >= 11 is 0. The number of rotatable bonds is 6. The van der Waals surface area contributed by atoms with Crippen molar-refractivity contribution in [1.82, 2.24) is 29.6 Å². The minimum Gasteiger partial charge on any atom is -0.353 e. The standard InChI is InChI=1S/C24H27N7/c1-2-8-22-27-23(21-17-26-31(24(21)28-22)20-10-4-3-5-11-20)30-15-13-29(14-16-30)18-19-9-6-7-12-25-19/h3-7,9-12,17H,2,8,13-16,18H2,1H3. The Kier molecular flexibility index (Phi) is 5.58. The highest BCUT2D eigenvalue weighted by Gasteiger charge is 2.23. The van der Waals surface area contributed by atoms with E-state index in [1.807, 2.05) is 41.3 Å². The van der Waals surface area contributed by atoms with Gasteiger partial charge in [0.05, 0.1) is 23.0 Å². The topological polar surface area (TPSA) is 63.0 Å². The van der Waals surface area contributed by atoms with E-state index in [1.54, 1.807) is 0 Å². The van der Waals surface area contributed by atoms with Gasteiger partial charge in [-0.15, -0.1) is 0 Å². The predicted octanol–water partition coefficient (Wildman–Crippen LogP) is 3.49. The zero-order chi connectivity index (χ0) is 21.0. The first kappa shape index (κ1) is 19.6. The maximum absolute atomic E-state index is 4.96. The minimum atomic E-state index is 0.864. The molecule has 0 bridgehead atoms. The summed E-state index contributed by atoms with van der Waals surface area (Å²) in [5.41, 5.74) is 3.02. The number of fused-ring (bicyclic) bond motifs is 1. The summed E-state index contributed by atoms with van der Waals surface area (Å²) in [6.45, 7) is 6.89. The van der Waals surface area contributed by atoms with Gasteiger partial charge in [0.1, 0.15) is 11.6 Å². The van der Waals surface area contributed by atoms with E-state index >= 15 is 0 Å². The second-order valence-electron chi connectivity index (χ2n) is 7.93. The normalized spacial score (nSPS) is 14.9. The fraction of sp³-hybridized carbons (Fsp3) is 0.333. The summed E-state index contributed by atoms with van der Waals surface area (Å²) in [7, 11) is 0. The number of nitrogens with zero attached hydrogens (tertiary/aromatic N) is 7. The monoisotopic (exact) mass is 413 g/mol. The molecule has 0 radical (unpaired) electrons. The van der Waals surface area contributed by atoms with Crippen LogP contribution in [-0.4, -0.2) is 55.8 Å². The summed E-state index contributed by atoms with van der Waals surface area (Å²) in [5.74, 6) is 1.90. The number of aryl methyl sites for hydroxylation is 1. The van der Waals surface area contributed by atoms with Crippen LogP contribution in [-0.2, 0) is 13.0 Å². The molecule has 158 valence electrons. The van der Waals surface area contributed by atoms with Crippen LogP contribution in [0.5, 0.6) is 0 Å². The smallest absolute Gasteiger partial charge is 0.168 e. The molecular weight excluding hydrogens is 386 g/mol. The third kappa shape index (κ3) is 4.14. The first-order valence-electron chi connectivity index (χ1n) is 11.0. The SMILES string of the molecule is CCCc1nc(N2CCN(Cc3ccccn3)CC2)c2cnn(-c3ccccc3)c2n1. The number of hydrogen-bond acceptors (Lipinski definition) is 6. The quantitative estimate of drug-likeness (QED) is 0.482. The van der Waals surface area contributed by atoms with Gasteiger partial charge in [0.2, 0.25) is 0 Å². The van der Waals surface area contributed by atoms with E-state index in [4.69, 9.17) is 9.97 Å². The summed E-state index contributed by atoms with van der Waals surface area (Å²) in [6, 6.07) is 16.3. The molecule has 3 aromatic heterocycles. The van der Waals surface area contributed by atoms with Crippen LogP contribution in [0, 0.1) is 0 Å². The molecule has 0 unspecified atom stereocenters. The van der Waals surface area contributed by atoms with Crippen LogP contribution in [0.4, 0.5) is 5.82 Å². The summed E-state index contributed by atoms with van der Waals surface area (Å²) < 4.78 is 1.93. The molecule has 0 spiro atoms. The average Bonchev–Trinajstić information content (AvgIpc) is 3.25. The van der Waals surface area contributed by atoms with E-state index < -0.39 is 0 Å². The number of benzene rings is 1. The molecule has 5 rings (SSSR count). The Morgan fingerprint density at radius 3 is 2.45 bits per heavy atom. The third-order valence-electron chi connectivity index (χ3n) is 5.71. The molecule has 31 heavy (non-hydrogen) atoms. The van der Waals surface area contributed by atoms with Crippen molar-refractivity contribution in [2.75, 3.05) is 31.1 Å². The molecule has 1 fully saturated rings. The van der Waals surface area contributed by atoms with Crippen LogP contribution < -0.4 is 4.90 Å². The lowest BCUT2D eigenvalue weighted by Crippen LogP contribution is -2.46. The van der Waals surface area contributed by atoms with Gasteiger partial charge in [0.25, 0.3) is 0 Å². The third-order valence-corrected chi connectivity index (χ3v) is 5.71. The summed E-state index contributed by atoms with van der Waals surface area (Å²) in [5, 5.41) is 5.68. The number of hydrogen-bond donors (Lipinski definition) is 0. The van der Waals surface area contributed by atoms with Gasteiger partial charge in [-0.25, -0.2) is 14.6 Å². The van der Waals surface area contributed by atoms with E-state index in [0.717, 1.165) is 79.6 Å². The zero-order valence-corrected chi connectivity index (χ0v) is 17.9. The Labute approximate surface area is 182 Å². The van der Waals surface area contributed by atoms with Gasteiger partial charge in [0.15, 0.2) is 5.65 Å². The van der Waals surface area contributed by atoms with Crippen LogP contribution in [0.15, 0.2) is 60.9 Å². The van der Waals surface area contributed by atoms with Gasteiger partial charge >= 0.3 is 0 Å². The molecular formula is C24H27N7. The second-order valence-corrected chi connectivity index (χ2v) is 7.93. The molecule has 4 heterocycles. The molecule has 1 aromatic carbocycles. The highest BCUT2D eigenvalue weighted by molar-refractivity contribution is 5.88. The van der Waals surface area contributed by atoms with Gasteiger partial charge in [-0.2, -0.15) is 5.10 Å². The first-order valence-corrected chi connectivity index (χ1v) is 11.0. The fourth-order valence-electron chi connectivity index (χ4n) is 4.11. The van der Waals surface area contributed by atoms with Gasteiger partial charge in [0, 0.05) is 45.3 Å². The molecule has 0 atom stereocenters. The molecule has 1 aliphatic heterocycles. The molecule has 0 N–H and O–H groups in total. The van der Waals surface area contributed by atoms with Gasteiger partial charge < -0.3 is 4.90 Å². The van der Waals surface area contributed by atoms with E-state index in [2.05, 4.69) is 51.1 Å². The van der Waals surface area contributed by atoms with E-state index in [0.29, 0.717) is 0 Å². The predicted molar refractivity (Wildman–Crippen MR) is 122 cm³/mol. The van der Waals surface area contributed by atoms with Crippen molar-refractivity contribution in [3.05, 3.63) is 72.4 Å². The molecule has 1 aliphatic rings. The Balaban J connectivity index is 1.42. The lowest BCUT2D eigenvalue weighted by atomic mass is 10.2. The largest absolute Gasteiger partial charge is 0.353 e. The Bertz CT molecular complexity index is 1130. The van der Waals surface area contributed by atoms with E-state index in [-0.39, 0.29) is 0 Å². The highest BCUT2D eigenvalue weighted by Crippen LogP contribution is 2.27. The lowest BCUT2D eigenvalue weighted by molar-refractivity contribution is 0.246. The molecule has 1 saturated heterocycles. The van der Waals surface area contributed by atoms with E-state index in [9.17, 15) is 0 Å². The summed E-state index contributed by atoms with van der Waals surface area (Å²) in [6.07, 6.45) is 5.65. The number of piperazine rings is 1. The number of anilines is 1. The van der Waals surface area contributed by atoms with Crippen molar-refractivity contribution in [3.8, 4) is 5.69 Å². The molecule has 7 nitrogen and oxygen atoms in total. The van der Waals surface area contributed by atoms with Crippen LogP contribution >= 0.6 is 0 Å². The fourth-order valence-corrected chi connectivity index (χ4v) is 4.11. The van der Waals surface area contributed by atoms with Crippen molar-refractivity contribution >= 4 is 16.9 Å². The average molecular weight is 414 g/mol. The molecule has 4 aromatic rings. The van der Waals surface area contributed by atoms with Crippen LogP contribution in [0.25, 0.3) is 16.7 Å². The van der Waals surface area contributed by atoms with Crippen molar-refractivity contribution in [2.45, 2.75) is 26.3 Å². The van der Waals surface area contributed by atoms with Gasteiger partial charge in [-0.3, -0.25) is 9.88 Å². The van der Waals surface area contributed by atoms with Crippen LogP contribution in [0.3, 0.4) is 0 Å². The Morgan fingerprint density at radius 2 is 1.71 bits per heavy atom. The van der Waals surface area contributed by atoms with Crippen molar-refractivity contribution in [3.63, 3.8) is 0 Å². The lowest BCUT2D eigenvalue weighted by Gasteiger charge is -2.35. The van der Waals surface area contributed by atoms with Crippen LogP contribution in [0.2, 0.25) is 0 Å². The highest BCUT2D eigenvalue weighted by atomic mass is 15.3. The molecule has 0 aliphatic carbocycles. The first-order chi connectivity index (χ1) is 15.3. The number of para-hydroxylation sites is 1. The Hall–Kier alpha value is -3.32. The van der Waals surface area contributed by atoms with Gasteiger partial charge in [-0.1, -0.05) is 31.2 Å². The summed E-state index contributed by atoms with van der Waals surface area (Å²) in [4.78, 5) is 19.1. The molecule has 7 heteroatoms. The second kappa shape index (κ2) is 8.81. The Morgan fingerprint density at radius 1 is 0.903 bits per heavy atom. The van der Waals surface area contributed by atoms with Gasteiger partial charge in [-0.05, 0) is 30.7 Å². The number of aromatic nitrogens is 5. The van der Waals surface area contributed by atoms with Crippen molar-refractivity contribution in [1.29, 1.82) is 0 Å². The number of pyridine rings is 1. The molecule has 0 amide bonds. The maximum atomic E-state index is 4.96. The zero-order valence-electron chi connectivity index (χ0n) is 17.9. The van der Waals surface area contributed by atoms with Crippen molar-refractivity contribution in [2.24, 2.45) is 0 Å².